The van der Waals surface area contributed by atoms with E-state index in [4.69, 9.17) is 0 Å². The van der Waals surface area contributed by atoms with Gasteiger partial charge in [0.05, 0.1) is 4.47 Å². The molecule has 0 bridgehead atoms. The first-order valence-electron chi connectivity index (χ1n) is 5.27. The van der Waals surface area contributed by atoms with Crippen molar-refractivity contribution in [3.63, 3.8) is 0 Å². The first-order chi connectivity index (χ1) is 8.70. The molecule has 0 radical (unpaired) electrons. The van der Waals surface area contributed by atoms with Gasteiger partial charge in [0.15, 0.2) is 0 Å². The van der Waals surface area contributed by atoms with Crippen molar-refractivity contribution in [2.45, 2.75) is 5.33 Å². The first kappa shape index (κ1) is 13.2. The smallest absolute Gasteiger partial charge is 0.256 e. The normalized spacial score (nSPS) is 10.1. The van der Waals surface area contributed by atoms with Crippen LogP contribution in [0.1, 0.15) is 15.9 Å². The van der Waals surface area contributed by atoms with Crippen molar-refractivity contribution < 1.29 is 4.79 Å². The molecular formula is C13H10Br2N2O. The highest BCUT2D eigenvalue weighted by molar-refractivity contribution is 9.10. The fourth-order valence-electron chi connectivity index (χ4n) is 1.40. The Bertz CT molecular complexity index is 555. The Morgan fingerprint density at radius 2 is 1.94 bits per heavy atom. The molecule has 0 atom stereocenters. The molecule has 5 heteroatoms. The summed E-state index contributed by atoms with van der Waals surface area (Å²) in [4.78, 5) is 16.1. The molecule has 0 saturated carbocycles. The number of alkyl halides is 1. The minimum Gasteiger partial charge on any atom is -0.306 e. The van der Waals surface area contributed by atoms with Crippen LogP contribution in [0.15, 0.2) is 47.1 Å². The molecule has 0 fully saturated rings. The maximum absolute atomic E-state index is 12.0. The summed E-state index contributed by atoms with van der Waals surface area (Å²) < 4.78 is 0.760. The Morgan fingerprint density at radius 1 is 1.22 bits per heavy atom. The van der Waals surface area contributed by atoms with Crippen LogP contribution in [0.4, 0.5) is 5.82 Å². The minimum absolute atomic E-state index is 0.171. The van der Waals surface area contributed by atoms with Crippen LogP contribution in [0.2, 0.25) is 0 Å². The Balaban J connectivity index is 2.14. The monoisotopic (exact) mass is 368 g/mol. The molecule has 1 aromatic carbocycles. The summed E-state index contributed by atoms with van der Waals surface area (Å²) in [7, 11) is 0. The zero-order chi connectivity index (χ0) is 13.0. The Labute approximate surface area is 122 Å². The molecule has 0 aliphatic rings. The van der Waals surface area contributed by atoms with Crippen LogP contribution in [0.5, 0.6) is 0 Å². The van der Waals surface area contributed by atoms with Gasteiger partial charge in [-0.1, -0.05) is 28.1 Å². The van der Waals surface area contributed by atoms with Gasteiger partial charge in [0.25, 0.3) is 5.91 Å². The zero-order valence-corrected chi connectivity index (χ0v) is 12.5. The number of rotatable bonds is 3. The summed E-state index contributed by atoms with van der Waals surface area (Å²) in [5.74, 6) is 0.350. The molecule has 2 rings (SSSR count). The van der Waals surface area contributed by atoms with Gasteiger partial charge >= 0.3 is 0 Å². The molecule has 92 valence electrons. The summed E-state index contributed by atoms with van der Waals surface area (Å²) in [6, 6.07) is 11.0. The molecule has 1 N–H and O–H groups in total. The highest BCUT2D eigenvalue weighted by Gasteiger charge is 2.08. The molecular weight excluding hydrogens is 360 g/mol. The molecule has 3 nitrogen and oxygen atoms in total. The fraction of sp³-hybridized carbons (Fsp3) is 0.0769. The molecule has 2 aromatic rings. The average Bonchev–Trinajstić information content (AvgIpc) is 2.41. The lowest BCUT2D eigenvalue weighted by Gasteiger charge is -2.06. The van der Waals surface area contributed by atoms with Crippen molar-refractivity contribution in [2.75, 3.05) is 5.32 Å². The van der Waals surface area contributed by atoms with E-state index < -0.39 is 0 Å². The second-order valence-electron chi connectivity index (χ2n) is 3.62. The number of carbonyl (C=O) groups is 1. The van der Waals surface area contributed by atoms with E-state index in [0.29, 0.717) is 11.4 Å². The van der Waals surface area contributed by atoms with E-state index in [1.807, 2.05) is 18.2 Å². The van der Waals surface area contributed by atoms with Gasteiger partial charge in [-0.05, 0) is 45.8 Å². The molecule has 1 amide bonds. The van der Waals surface area contributed by atoms with E-state index in [1.165, 1.54) is 0 Å². The number of anilines is 1. The van der Waals surface area contributed by atoms with Gasteiger partial charge < -0.3 is 5.32 Å². The standard InChI is InChI=1S/C13H10Br2N2O/c14-8-9-3-5-10(6-4-9)13(18)17-12-11(15)2-1-7-16-12/h1-7H,8H2,(H,16,17,18). The molecule has 18 heavy (non-hydrogen) atoms. The number of hydrogen-bond donors (Lipinski definition) is 1. The first-order valence-corrected chi connectivity index (χ1v) is 7.19. The quantitative estimate of drug-likeness (QED) is 0.831. The van der Waals surface area contributed by atoms with Gasteiger partial charge in [-0.2, -0.15) is 0 Å². The SMILES string of the molecule is O=C(Nc1ncccc1Br)c1ccc(CBr)cc1. The van der Waals surface area contributed by atoms with E-state index in [-0.39, 0.29) is 5.91 Å². The third kappa shape index (κ3) is 3.17. The van der Waals surface area contributed by atoms with Gasteiger partial charge in [0.2, 0.25) is 0 Å². The van der Waals surface area contributed by atoms with E-state index in [1.54, 1.807) is 24.4 Å². The predicted molar refractivity (Wildman–Crippen MR) is 79.0 cm³/mol. The number of carbonyl (C=O) groups excluding carboxylic acids is 1. The fourth-order valence-corrected chi connectivity index (χ4v) is 2.13. The number of nitrogens with one attached hydrogen (secondary N) is 1. The lowest BCUT2D eigenvalue weighted by Crippen LogP contribution is -2.13. The number of aromatic nitrogens is 1. The van der Waals surface area contributed by atoms with Crippen LogP contribution >= 0.6 is 31.9 Å². The summed E-state index contributed by atoms with van der Waals surface area (Å²) in [5.41, 5.74) is 1.74. The zero-order valence-electron chi connectivity index (χ0n) is 9.36. The van der Waals surface area contributed by atoms with Crippen molar-refractivity contribution in [3.05, 3.63) is 58.2 Å². The summed E-state index contributed by atoms with van der Waals surface area (Å²) in [6.45, 7) is 0. The van der Waals surface area contributed by atoms with Crippen LogP contribution in [0.3, 0.4) is 0 Å². The number of halogens is 2. The third-order valence-electron chi connectivity index (χ3n) is 2.36. The minimum atomic E-state index is -0.171. The molecule has 1 heterocycles. The lowest BCUT2D eigenvalue weighted by atomic mass is 10.1. The van der Waals surface area contributed by atoms with Crippen LogP contribution in [0.25, 0.3) is 0 Å². The van der Waals surface area contributed by atoms with Crippen molar-refractivity contribution in [3.8, 4) is 0 Å². The van der Waals surface area contributed by atoms with Gasteiger partial charge in [-0.25, -0.2) is 4.98 Å². The van der Waals surface area contributed by atoms with Gasteiger partial charge in [-0.3, -0.25) is 4.79 Å². The summed E-state index contributed by atoms with van der Waals surface area (Å²) in [5, 5.41) is 3.53. The molecule has 1 aromatic heterocycles. The third-order valence-corrected chi connectivity index (χ3v) is 3.65. The maximum atomic E-state index is 12.0. The van der Waals surface area contributed by atoms with E-state index in [2.05, 4.69) is 42.2 Å². The second-order valence-corrected chi connectivity index (χ2v) is 5.03. The Morgan fingerprint density at radius 3 is 2.56 bits per heavy atom. The number of nitrogens with zero attached hydrogens (tertiary/aromatic N) is 1. The lowest BCUT2D eigenvalue weighted by molar-refractivity contribution is 0.102. The molecule has 0 aliphatic heterocycles. The summed E-state index contributed by atoms with van der Waals surface area (Å²) >= 11 is 6.70. The van der Waals surface area contributed by atoms with Crippen molar-refractivity contribution in [1.82, 2.24) is 4.98 Å². The highest BCUT2D eigenvalue weighted by Crippen LogP contribution is 2.19. The van der Waals surface area contributed by atoms with Crippen LogP contribution in [-0.2, 0) is 5.33 Å². The Hall–Kier alpha value is -1.20. The summed E-state index contributed by atoms with van der Waals surface area (Å²) in [6.07, 6.45) is 1.63. The molecule has 0 spiro atoms. The van der Waals surface area contributed by atoms with Crippen LogP contribution in [-0.4, -0.2) is 10.9 Å². The van der Waals surface area contributed by atoms with Gasteiger partial charge in [0.1, 0.15) is 5.82 Å². The topological polar surface area (TPSA) is 42.0 Å². The number of benzene rings is 1. The average molecular weight is 370 g/mol. The molecule has 0 saturated heterocycles. The number of amides is 1. The van der Waals surface area contributed by atoms with E-state index in [0.717, 1.165) is 15.4 Å². The van der Waals surface area contributed by atoms with E-state index in [9.17, 15) is 4.79 Å². The number of pyridine rings is 1. The molecule has 0 aliphatic carbocycles. The van der Waals surface area contributed by atoms with E-state index >= 15 is 0 Å². The van der Waals surface area contributed by atoms with Crippen LogP contribution in [0, 0.1) is 0 Å². The maximum Gasteiger partial charge on any atom is 0.256 e. The molecule has 0 unspecified atom stereocenters. The van der Waals surface area contributed by atoms with Crippen LogP contribution < -0.4 is 5.32 Å². The van der Waals surface area contributed by atoms with Crippen molar-refractivity contribution in [2.24, 2.45) is 0 Å². The Kier molecular flexibility index (Phi) is 4.49. The van der Waals surface area contributed by atoms with Crippen molar-refractivity contribution in [1.29, 1.82) is 0 Å². The van der Waals surface area contributed by atoms with Gasteiger partial charge in [0, 0.05) is 17.1 Å². The van der Waals surface area contributed by atoms with Crippen molar-refractivity contribution >= 4 is 43.6 Å². The second kappa shape index (κ2) is 6.11. The number of hydrogen-bond acceptors (Lipinski definition) is 2. The highest BCUT2D eigenvalue weighted by atomic mass is 79.9. The van der Waals surface area contributed by atoms with Gasteiger partial charge in [-0.15, -0.1) is 0 Å². The largest absolute Gasteiger partial charge is 0.306 e. The predicted octanol–water partition coefficient (Wildman–Crippen LogP) is 3.99.